The molecule has 0 spiro atoms. The van der Waals surface area contributed by atoms with Gasteiger partial charge in [0, 0.05) is 30.6 Å². The minimum atomic E-state index is -0.0837. The van der Waals surface area contributed by atoms with E-state index in [1.54, 1.807) is 25.4 Å². The largest absolute Gasteiger partial charge is 0.423 e. The molecular weight excluding hydrogens is 376 g/mol. The molecule has 0 unspecified atom stereocenters. The van der Waals surface area contributed by atoms with E-state index in [1.807, 2.05) is 25.1 Å². The Labute approximate surface area is 176 Å². The molecule has 0 aliphatic carbocycles. The number of para-hydroxylation sites is 1. The smallest absolute Gasteiger partial charge is 0.322 e. The highest BCUT2D eigenvalue weighted by Gasteiger charge is 2.15. The van der Waals surface area contributed by atoms with Gasteiger partial charge in [0.2, 0.25) is 5.56 Å². The van der Waals surface area contributed by atoms with E-state index in [-0.39, 0.29) is 11.6 Å². The first kappa shape index (κ1) is 21.3. The van der Waals surface area contributed by atoms with Crippen LogP contribution in [0.4, 0.5) is 0 Å². The lowest BCUT2D eigenvalue weighted by atomic mass is 9.99. The number of pyridine rings is 1. The van der Waals surface area contributed by atoms with Gasteiger partial charge in [-0.05, 0) is 43.0 Å². The Morgan fingerprint density at radius 1 is 1.23 bits per heavy atom. The molecule has 0 fully saturated rings. The van der Waals surface area contributed by atoms with E-state index in [0.717, 1.165) is 36.1 Å². The number of hydrogen-bond acceptors (Lipinski definition) is 5. The second-order valence-electron chi connectivity index (χ2n) is 7.66. The van der Waals surface area contributed by atoms with Gasteiger partial charge in [-0.25, -0.2) is 0 Å². The summed E-state index contributed by atoms with van der Waals surface area (Å²) in [4.78, 5) is 21.0. The molecule has 1 atom stereocenters. The lowest BCUT2D eigenvalue weighted by Gasteiger charge is -2.14. The third-order valence-corrected chi connectivity index (χ3v) is 5.01. The van der Waals surface area contributed by atoms with Crippen molar-refractivity contribution in [1.29, 1.82) is 5.26 Å². The first-order chi connectivity index (χ1) is 14.4. The second kappa shape index (κ2) is 9.36. The van der Waals surface area contributed by atoms with E-state index < -0.39 is 0 Å². The molecule has 154 valence electrons. The van der Waals surface area contributed by atoms with Gasteiger partial charge in [0.05, 0.1) is 11.3 Å². The Morgan fingerprint density at radius 2 is 2.03 bits per heavy atom. The molecule has 2 heterocycles. The fourth-order valence-electron chi connectivity index (χ4n) is 3.44. The highest BCUT2D eigenvalue weighted by Crippen LogP contribution is 2.29. The molecule has 6 nitrogen and oxygen atoms in total. The van der Waals surface area contributed by atoms with Gasteiger partial charge in [0.15, 0.2) is 5.75 Å². The summed E-state index contributed by atoms with van der Waals surface area (Å²) in [6, 6.07) is 13.0. The van der Waals surface area contributed by atoms with Crippen LogP contribution in [0.25, 0.3) is 11.3 Å². The van der Waals surface area contributed by atoms with Crippen LogP contribution in [0.15, 0.2) is 47.4 Å². The molecule has 0 bridgehead atoms. The Morgan fingerprint density at radius 3 is 2.73 bits per heavy atom. The van der Waals surface area contributed by atoms with Crippen molar-refractivity contribution in [3.05, 3.63) is 69.8 Å². The van der Waals surface area contributed by atoms with Gasteiger partial charge in [-0.2, -0.15) is 15.2 Å². The summed E-state index contributed by atoms with van der Waals surface area (Å²) in [5.74, 6) is 0.934. The van der Waals surface area contributed by atoms with Crippen LogP contribution >= 0.6 is 0 Å². The van der Waals surface area contributed by atoms with E-state index >= 15 is 0 Å². The van der Waals surface area contributed by atoms with Crippen molar-refractivity contribution < 1.29 is 4.74 Å². The van der Waals surface area contributed by atoms with Crippen molar-refractivity contribution in [3.8, 4) is 29.1 Å². The molecule has 30 heavy (non-hydrogen) atoms. The molecule has 3 rings (SSSR count). The summed E-state index contributed by atoms with van der Waals surface area (Å²) < 4.78 is 7.54. The molecule has 3 aromatic rings. The summed E-state index contributed by atoms with van der Waals surface area (Å²) in [7, 11) is 1.71. The maximum atomic E-state index is 11.8. The van der Waals surface area contributed by atoms with Crippen molar-refractivity contribution in [2.45, 2.75) is 40.0 Å². The average molecular weight is 402 g/mol. The quantitative estimate of drug-likeness (QED) is 0.567. The number of benzene rings is 1. The SMILES string of the molecule is CCC[C@@H](C)Cc1cc(-c2ccc(=O)n(C)c2)nc(Oc2c(C)cccc2C#N)n1. The van der Waals surface area contributed by atoms with Gasteiger partial charge in [-0.1, -0.05) is 38.8 Å². The van der Waals surface area contributed by atoms with Gasteiger partial charge in [0.1, 0.15) is 6.07 Å². The maximum absolute atomic E-state index is 11.8. The monoisotopic (exact) mass is 402 g/mol. The average Bonchev–Trinajstić information content (AvgIpc) is 2.71. The maximum Gasteiger partial charge on any atom is 0.322 e. The number of ether oxygens (including phenoxy) is 1. The van der Waals surface area contributed by atoms with Gasteiger partial charge in [-0.3, -0.25) is 4.79 Å². The number of rotatable bonds is 7. The van der Waals surface area contributed by atoms with E-state index in [2.05, 4.69) is 29.9 Å². The molecule has 0 radical (unpaired) electrons. The van der Waals surface area contributed by atoms with Crippen molar-refractivity contribution in [2.75, 3.05) is 0 Å². The topological polar surface area (TPSA) is 80.8 Å². The van der Waals surface area contributed by atoms with Crippen LogP contribution < -0.4 is 10.3 Å². The molecule has 0 aliphatic heterocycles. The van der Waals surface area contributed by atoms with Gasteiger partial charge in [-0.15, -0.1) is 0 Å². The standard InChI is InChI=1S/C24H26N4O2/c1-5-7-16(2)12-20-13-21(19-10-11-22(29)28(4)15-19)27-24(26-20)30-23-17(3)8-6-9-18(23)14-25/h6,8-11,13,15-16H,5,7,12H2,1-4H3/t16-/m1/s1. The summed E-state index contributed by atoms with van der Waals surface area (Å²) >= 11 is 0. The lowest BCUT2D eigenvalue weighted by Crippen LogP contribution is -2.14. The Bertz CT molecular complexity index is 1140. The first-order valence-corrected chi connectivity index (χ1v) is 10.1. The Balaban J connectivity index is 2.07. The van der Waals surface area contributed by atoms with Gasteiger partial charge in [0.25, 0.3) is 0 Å². The summed E-state index contributed by atoms with van der Waals surface area (Å²) in [5, 5.41) is 9.44. The summed E-state index contributed by atoms with van der Waals surface area (Å²) in [6.07, 6.45) is 4.76. The Kier molecular flexibility index (Phi) is 6.63. The fraction of sp³-hybridized carbons (Fsp3) is 0.333. The lowest BCUT2D eigenvalue weighted by molar-refractivity contribution is 0.431. The van der Waals surface area contributed by atoms with E-state index in [1.165, 1.54) is 10.6 Å². The predicted octanol–water partition coefficient (Wildman–Crippen LogP) is 4.79. The molecule has 0 aliphatic rings. The molecular formula is C24H26N4O2. The number of aryl methyl sites for hydroxylation is 2. The van der Waals surface area contributed by atoms with Crippen molar-refractivity contribution in [2.24, 2.45) is 13.0 Å². The van der Waals surface area contributed by atoms with Crippen LogP contribution in [0.1, 0.15) is 43.5 Å². The van der Waals surface area contributed by atoms with Gasteiger partial charge < -0.3 is 9.30 Å². The number of nitriles is 1. The molecule has 0 saturated carbocycles. The minimum absolute atomic E-state index is 0.0837. The first-order valence-electron chi connectivity index (χ1n) is 10.1. The highest BCUT2D eigenvalue weighted by atomic mass is 16.5. The third-order valence-electron chi connectivity index (χ3n) is 5.01. The molecule has 2 aromatic heterocycles. The zero-order chi connectivity index (χ0) is 21.7. The van der Waals surface area contributed by atoms with Crippen LogP contribution in [0.2, 0.25) is 0 Å². The van der Waals surface area contributed by atoms with Crippen LogP contribution in [0, 0.1) is 24.2 Å². The third kappa shape index (κ3) is 4.93. The van der Waals surface area contributed by atoms with Gasteiger partial charge >= 0.3 is 6.01 Å². The summed E-state index contributed by atoms with van der Waals surface area (Å²) in [5.41, 5.74) is 3.55. The van der Waals surface area contributed by atoms with Crippen molar-refractivity contribution in [1.82, 2.24) is 14.5 Å². The minimum Gasteiger partial charge on any atom is -0.423 e. The summed E-state index contributed by atoms with van der Waals surface area (Å²) in [6.45, 7) is 6.26. The predicted molar refractivity (Wildman–Crippen MR) is 116 cm³/mol. The molecule has 1 aromatic carbocycles. The van der Waals surface area contributed by atoms with E-state index in [0.29, 0.717) is 22.9 Å². The zero-order valence-electron chi connectivity index (χ0n) is 17.8. The van der Waals surface area contributed by atoms with E-state index in [4.69, 9.17) is 4.74 Å². The molecule has 0 N–H and O–H groups in total. The highest BCUT2D eigenvalue weighted by molar-refractivity contribution is 5.59. The van der Waals surface area contributed by atoms with Crippen molar-refractivity contribution in [3.63, 3.8) is 0 Å². The van der Waals surface area contributed by atoms with Crippen LogP contribution in [0.3, 0.4) is 0 Å². The Hall–Kier alpha value is -3.46. The number of hydrogen-bond donors (Lipinski definition) is 0. The number of aromatic nitrogens is 3. The number of nitrogens with zero attached hydrogens (tertiary/aromatic N) is 4. The van der Waals surface area contributed by atoms with Crippen molar-refractivity contribution >= 4 is 0 Å². The fourth-order valence-corrected chi connectivity index (χ4v) is 3.44. The van der Waals surface area contributed by atoms with Crippen LogP contribution in [0.5, 0.6) is 11.8 Å². The second-order valence-corrected chi connectivity index (χ2v) is 7.66. The molecule has 0 amide bonds. The van der Waals surface area contributed by atoms with Crippen LogP contribution in [-0.4, -0.2) is 14.5 Å². The molecule has 0 saturated heterocycles. The molecule has 6 heteroatoms. The normalized spacial score (nSPS) is 11.7. The van der Waals surface area contributed by atoms with Crippen LogP contribution in [-0.2, 0) is 13.5 Å². The zero-order valence-corrected chi connectivity index (χ0v) is 17.8. The van der Waals surface area contributed by atoms with E-state index in [9.17, 15) is 10.1 Å².